The summed E-state index contributed by atoms with van der Waals surface area (Å²) in [7, 11) is 0. The first-order valence-electron chi connectivity index (χ1n) is 9.60. The quantitative estimate of drug-likeness (QED) is 0.416. The third-order valence-electron chi connectivity index (χ3n) is 4.33. The maximum atomic E-state index is 12.7. The smallest absolute Gasteiger partial charge is 0.338 e. The highest BCUT2D eigenvalue weighted by Gasteiger charge is 2.15. The molecule has 0 bridgehead atoms. The van der Waals surface area contributed by atoms with E-state index < -0.39 is 5.97 Å². The third-order valence-corrected chi connectivity index (χ3v) is 4.33. The number of carbonyl (C=O) groups excluding carboxylic acids is 1. The molecule has 152 valence electrons. The number of aryl methyl sites for hydroxylation is 1. The Balaban J connectivity index is 2.00. The highest BCUT2D eigenvalue weighted by Crippen LogP contribution is 2.32. The van der Waals surface area contributed by atoms with Gasteiger partial charge in [0.25, 0.3) is 0 Å². The summed E-state index contributed by atoms with van der Waals surface area (Å²) in [6.45, 7) is 7.37. The van der Waals surface area contributed by atoms with Crippen molar-refractivity contribution in [2.24, 2.45) is 0 Å². The van der Waals surface area contributed by atoms with Crippen LogP contribution in [0.3, 0.4) is 0 Å². The lowest BCUT2D eigenvalue weighted by atomic mass is 10.1. The summed E-state index contributed by atoms with van der Waals surface area (Å²) < 4.78 is 22.1. The minimum Gasteiger partial charge on any atom is -0.490 e. The van der Waals surface area contributed by atoms with Crippen LogP contribution in [-0.4, -0.2) is 32.4 Å². The van der Waals surface area contributed by atoms with Crippen LogP contribution in [0.25, 0.3) is 22.3 Å². The summed E-state index contributed by atoms with van der Waals surface area (Å²) in [5.41, 5.74) is 2.17. The molecule has 0 atom stereocenters. The normalized spacial score (nSPS) is 10.9. The third kappa shape index (κ3) is 4.84. The summed E-state index contributed by atoms with van der Waals surface area (Å²) in [4.78, 5) is 24.7. The molecular formula is C23H24O6. The summed E-state index contributed by atoms with van der Waals surface area (Å²) in [6.07, 6.45) is 0. The standard InChI is InChI=1S/C23H24O6/c1-4-26-10-11-28-20-8-6-15(3)12-18(20)22-14-19(24)17-13-16(23(25)27-5-2)7-9-21(17)29-22/h6-9,12-14H,4-5,10-11H2,1-3H3. The van der Waals surface area contributed by atoms with Crippen molar-refractivity contribution in [2.45, 2.75) is 20.8 Å². The molecule has 0 radical (unpaired) electrons. The van der Waals surface area contributed by atoms with Gasteiger partial charge in [-0.1, -0.05) is 11.6 Å². The van der Waals surface area contributed by atoms with Crippen molar-refractivity contribution >= 4 is 16.9 Å². The molecule has 0 aliphatic carbocycles. The lowest BCUT2D eigenvalue weighted by Gasteiger charge is -2.12. The van der Waals surface area contributed by atoms with Crippen LogP contribution >= 0.6 is 0 Å². The lowest BCUT2D eigenvalue weighted by Crippen LogP contribution is -2.08. The Bertz CT molecular complexity index is 1070. The molecule has 0 N–H and O–H groups in total. The van der Waals surface area contributed by atoms with Gasteiger partial charge >= 0.3 is 5.97 Å². The number of fused-ring (bicyclic) bond motifs is 1. The van der Waals surface area contributed by atoms with Gasteiger partial charge in [0.2, 0.25) is 0 Å². The first-order chi connectivity index (χ1) is 14.0. The molecule has 2 aromatic carbocycles. The van der Waals surface area contributed by atoms with Gasteiger partial charge in [-0.2, -0.15) is 0 Å². The van der Waals surface area contributed by atoms with E-state index in [1.54, 1.807) is 19.1 Å². The first-order valence-corrected chi connectivity index (χ1v) is 9.60. The molecule has 0 aliphatic heterocycles. The Morgan fingerprint density at radius 2 is 1.83 bits per heavy atom. The van der Waals surface area contributed by atoms with Gasteiger partial charge in [-0.15, -0.1) is 0 Å². The highest BCUT2D eigenvalue weighted by molar-refractivity contribution is 5.94. The minimum absolute atomic E-state index is 0.242. The highest BCUT2D eigenvalue weighted by atomic mass is 16.5. The van der Waals surface area contributed by atoms with Crippen LogP contribution in [0.4, 0.5) is 0 Å². The molecule has 3 aromatic rings. The number of rotatable bonds is 8. The predicted octanol–water partition coefficient (Wildman–Crippen LogP) is 4.36. The van der Waals surface area contributed by atoms with E-state index in [1.807, 2.05) is 32.0 Å². The van der Waals surface area contributed by atoms with Crippen molar-refractivity contribution < 1.29 is 23.4 Å². The first kappa shape index (κ1) is 20.6. The summed E-state index contributed by atoms with van der Waals surface area (Å²) in [5, 5.41) is 0.325. The van der Waals surface area contributed by atoms with Gasteiger partial charge in [0, 0.05) is 12.7 Å². The molecule has 1 aromatic heterocycles. The van der Waals surface area contributed by atoms with Crippen LogP contribution in [0.1, 0.15) is 29.8 Å². The van der Waals surface area contributed by atoms with Crippen molar-refractivity contribution in [3.63, 3.8) is 0 Å². The number of ether oxygens (including phenoxy) is 3. The van der Waals surface area contributed by atoms with E-state index in [-0.39, 0.29) is 12.0 Å². The van der Waals surface area contributed by atoms with E-state index in [1.165, 1.54) is 12.1 Å². The molecule has 0 spiro atoms. The molecule has 0 saturated heterocycles. The number of esters is 1. The van der Waals surface area contributed by atoms with E-state index in [4.69, 9.17) is 18.6 Å². The molecular weight excluding hydrogens is 372 g/mol. The second kappa shape index (κ2) is 9.39. The van der Waals surface area contributed by atoms with E-state index in [0.29, 0.717) is 53.4 Å². The molecule has 0 saturated carbocycles. The van der Waals surface area contributed by atoms with Crippen LogP contribution in [0, 0.1) is 6.92 Å². The van der Waals surface area contributed by atoms with Gasteiger partial charge in [-0.05, 0) is 51.1 Å². The predicted molar refractivity (Wildman–Crippen MR) is 111 cm³/mol. The molecule has 0 aliphatic rings. The molecule has 0 amide bonds. The number of carbonyl (C=O) groups is 1. The Morgan fingerprint density at radius 3 is 2.59 bits per heavy atom. The van der Waals surface area contributed by atoms with E-state index in [0.717, 1.165) is 5.56 Å². The SMILES string of the molecule is CCOCCOc1ccc(C)cc1-c1cc(=O)c2cc(C(=O)OCC)ccc2o1. The fourth-order valence-electron chi connectivity index (χ4n) is 2.95. The Hall–Kier alpha value is -3.12. The topological polar surface area (TPSA) is 75.0 Å². The summed E-state index contributed by atoms with van der Waals surface area (Å²) in [5.74, 6) is 0.545. The van der Waals surface area contributed by atoms with Crippen molar-refractivity contribution in [1.82, 2.24) is 0 Å². The monoisotopic (exact) mass is 396 g/mol. The Labute approximate surface area is 169 Å². The average Bonchev–Trinajstić information content (AvgIpc) is 2.72. The molecule has 6 nitrogen and oxygen atoms in total. The number of hydrogen-bond donors (Lipinski definition) is 0. The van der Waals surface area contributed by atoms with Crippen molar-refractivity contribution in [1.29, 1.82) is 0 Å². The van der Waals surface area contributed by atoms with Gasteiger partial charge in [-0.25, -0.2) is 4.79 Å². The van der Waals surface area contributed by atoms with Gasteiger partial charge in [0.15, 0.2) is 5.43 Å². The maximum Gasteiger partial charge on any atom is 0.338 e. The minimum atomic E-state index is -0.471. The van der Waals surface area contributed by atoms with Crippen molar-refractivity contribution in [2.75, 3.05) is 26.4 Å². The molecule has 29 heavy (non-hydrogen) atoms. The van der Waals surface area contributed by atoms with E-state index in [9.17, 15) is 9.59 Å². The second-order valence-corrected chi connectivity index (χ2v) is 6.45. The van der Waals surface area contributed by atoms with Crippen LogP contribution < -0.4 is 10.2 Å². The fraction of sp³-hybridized carbons (Fsp3) is 0.304. The van der Waals surface area contributed by atoms with Crippen LogP contribution in [0.15, 0.2) is 51.7 Å². The fourth-order valence-corrected chi connectivity index (χ4v) is 2.95. The van der Waals surface area contributed by atoms with Gasteiger partial charge < -0.3 is 18.6 Å². The van der Waals surface area contributed by atoms with E-state index in [2.05, 4.69) is 0 Å². The van der Waals surface area contributed by atoms with Crippen LogP contribution in [0.2, 0.25) is 0 Å². The molecule has 0 unspecified atom stereocenters. The number of benzene rings is 2. The van der Waals surface area contributed by atoms with Gasteiger partial charge in [0.05, 0.1) is 29.7 Å². The zero-order valence-electron chi connectivity index (χ0n) is 16.8. The molecule has 1 heterocycles. The summed E-state index contributed by atoms with van der Waals surface area (Å²) in [6, 6.07) is 11.8. The largest absolute Gasteiger partial charge is 0.490 e. The molecule has 6 heteroatoms. The lowest BCUT2D eigenvalue weighted by molar-refractivity contribution is 0.0526. The van der Waals surface area contributed by atoms with Gasteiger partial charge in [-0.3, -0.25) is 4.79 Å². The number of hydrogen-bond acceptors (Lipinski definition) is 6. The van der Waals surface area contributed by atoms with Crippen LogP contribution in [0.5, 0.6) is 5.75 Å². The zero-order chi connectivity index (χ0) is 20.8. The molecule has 3 rings (SSSR count). The van der Waals surface area contributed by atoms with Crippen LogP contribution in [-0.2, 0) is 9.47 Å². The Kier molecular flexibility index (Phi) is 6.67. The summed E-state index contributed by atoms with van der Waals surface area (Å²) >= 11 is 0. The average molecular weight is 396 g/mol. The van der Waals surface area contributed by atoms with Gasteiger partial charge in [0.1, 0.15) is 23.7 Å². The van der Waals surface area contributed by atoms with E-state index >= 15 is 0 Å². The zero-order valence-corrected chi connectivity index (χ0v) is 16.8. The van der Waals surface area contributed by atoms with Crippen molar-refractivity contribution in [3.8, 4) is 17.1 Å². The second-order valence-electron chi connectivity index (χ2n) is 6.45. The maximum absolute atomic E-state index is 12.7. The molecule has 0 fully saturated rings. The Morgan fingerprint density at radius 1 is 1.00 bits per heavy atom. The van der Waals surface area contributed by atoms with Crippen molar-refractivity contribution in [3.05, 3.63) is 63.8 Å².